The minimum atomic E-state index is -0.949. The lowest BCUT2D eigenvalue weighted by atomic mass is 10.1. The van der Waals surface area contributed by atoms with Crippen molar-refractivity contribution in [2.75, 3.05) is 6.61 Å². The second-order valence-corrected chi connectivity index (χ2v) is 3.67. The summed E-state index contributed by atoms with van der Waals surface area (Å²) in [6.07, 6.45) is 1.02. The van der Waals surface area contributed by atoms with Crippen LogP contribution in [0.3, 0.4) is 0 Å². The van der Waals surface area contributed by atoms with E-state index in [9.17, 15) is 4.79 Å². The van der Waals surface area contributed by atoms with Gasteiger partial charge in [-0.2, -0.15) is 0 Å². The van der Waals surface area contributed by atoms with Crippen LogP contribution in [0, 0.1) is 0 Å². The van der Waals surface area contributed by atoms with Gasteiger partial charge in [-0.15, -0.1) is 5.10 Å². The van der Waals surface area contributed by atoms with Gasteiger partial charge in [-0.25, -0.2) is 4.68 Å². The standard InChI is InChI=1S/C8H12N4O3/c1-5-2-6(4-15-5)8-9-10-11-12(8)3-7(13)14/h5-6H,2-4H2,1H3,(H,13,14). The number of hydrogen-bond donors (Lipinski definition) is 1. The Hall–Kier alpha value is -1.50. The van der Waals surface area contributed by atoms with Crippen LogP contribution in [0.1, 0.15) is 25.1 Å². The van der Waals surface area contributed by atoms with Gasteiger partial charge in [0.2, 0.25) is 0 Å². The molecule has 1 aliphatic heterocycles. The molecule has 2 rings (SSSR count). The van der Waals surface area contributed by atoms with E-state index in [1.54, 1.807) is 0 Å². The minimum absolute atomic E-state index is 0.106. The molecule has 0 amide bonds. The molecule has 0 aromatic carbocycles. The van der Waals surface area contributed by atoms with Crippen molar-refractivity contribution in [1.82, 2.24) is 20.2 Å². The van der Waals surface area contributed by atoms with Gasteiger partial charge in [0, 0.05) is 5.92 Å². The normalized spacial score (nSPS) is 25.7. The number of aliphatic carboxylic acids is 1. The summed E-state index contributed by atoms with van der Waals surface area (Å²) in [7, 11) is 0. The number of aromatic nitrogens is 4. The Morgan fingerprint density at radius 3 is 3.13 bits per heavy atom. The van der Waals surface area contributed by atoms with E-state index in [1.165, 1.54) is 4.68 Å². The molecule has 1 N–H and O–H groups in total. The highest BCUT2D eigenvalue weighted by molar-refractivity contribution is 5.66. The van der Waals surface area contributed by atoms with E-state index < -0.39 is 5.97 Å². The first-order valence-corrected chi connectivity index (χ1v) is 4.76. The second kappa shape index (κ2) is 3.93. The number of rotatable bonds is 3. The number of tetrazole rings is 1. The van der Waals surface area contributed by atoms with Crippen molar-refractivity contribution in [3.63, 3.8) is 0 Å². The molecule has 15 heavy (non-hydrogen) atoms. The van der Waals surface area contributed by atoms with E-state index in [0.29, 0.717) is 12.4 Å². The van der Waals surface area contributed by atoms with Crippen LogP contribution in [0.25, 0.3) is 0 Å². The van der Waals surface area contributed by atoms with E-state index in [4.69, 9.17) is 9.84 Å². The maximum Gasteiger partial charge on any atom is 0.325 e. The molecule has 82 valence electrons. The summed E-state index contributed by atoms with van der Waals surface area (Å²) < 4.78 is 6.71. The second-order valence-electron chi connectivity index (χ2n) is 3.67. The van der Waals surface area contributed by atoms with Gasteiger partial charge >= 0.3 is 5.97 Å². The first-order valence-electron chi connectivity index (χ1n) is 4.76. The van der Waals surface area contributed by atoms with Crippen molar-refractivity contribution in [3.8, 4) is 0 Å². The van der Waals surface area contributed by atoms with Gasteiger partial charge in [0.25, 0.3) is 0 Å². The Bertz CT molecular complexity index is 365. The summed E-state index contributed by atoms with van der Waals surface area (Å²) in [4.78, 5) is 10.6. The first-order chi connectivity index (χ1) is 7.16. The number of carboxylic acid groups (broad SMARTS) is 1. The van der Waals surface area contributed by atoms with Crippen LogP contribution in [0.2, 0.25) is 0 Å². The molecule has 0 bridgehead atoms. The van der Waals surface area contributed by atoms with Gasteiger partial charge in [-0.05, 0) is 23.8 Å². The third-order valence-corrected chi connectivity index (χ3v) is 2.41. The van der Waals surface area contributed by atoms with Crippen LogP contribution < -0.4 is 0 Å². The highest BCUT2D eigenvalue weighted by Crippen LogP contribution is 2.27. The molecule has 1 aliphatic rings. The quantitative estimate of drug-likeness (QED) is 0.736. The fraction of sp³-hybridized carbons (Fsp3) is 0.750. The molecule has 1 saturated heterocycles. The molecule has 0 saturated carbocycles. The van der Waals surface area contributed by atoms with Crippen molar-refractivity contribution in [3.05, 3.63) is 5.82 Å². The number of ether oxygens (including phenoxy) is 1. The predicted molar refractivity (Wildman–Crippen MR) is 48.2 cm³/mol. The molecule has 0 aliphatic carbocycles. The van der Waals surface area contributed by atoms with Crippen molar-refractivity contribution >= 4 is 5.97 Å². The molecule has 2 unspecified atom stereocenters. The third-order valence-electron chi connectivity index (χ3n) is 2.41. The van der Waals surface area contributed by atoms with E-state index in [2.05, 4.69) is 15.5 Å². The summed E-state index contributed by atoms with van der Waals surface area (Å²) in [5, 5.41) is 19.6. The third kappa shape index (κ3) is 2.12. The summed E-state index contributed by atoms with van der Waals surface area (Å²) in [5.41, 5.74) is 0. The fourth-order valence-corrected chi connectivity index (χ4v) is 1.74. The summed E-state index contributed by atoms with van der Waals surface area (Å²) in [6.45, 7) is 2.33. The number of carboxylic acids is 1. The average molecular weight is 212 g/mol. The van der Waals surface area contributed by atoms with Gasteiger partial charge < -0.3 is 9.84 Å². The van der Waals surface area contributed by atoms with E-state index in [1.807, 2.05) is 6.92 Å². The SMILES string of the molecule is CC1CC(c2nnnn2CC(=O)O)CO1. The lowest BCUT2D eigenvalue weighted by Crippen LogP contribution is -2.16. The Morgan fingerprint density at radius 1 is 1.73 bits per heavy atom. The highest BCUT2D eigenvalue weighted by Gasteiger charge is 2.28. The monoisotopic (exact) mass is 212 g/mol. The zero-order valence-corrected chi connectivity index (χ0v) is 8.33. The molecular formula is C8H12N4O3. The molecule has 1 fully saturated rings. The molecule has 0 radical (unpaired) electrons. The Labute approximate surface area is 86.0 Å². The van der Waals surface area contributed by atoms with Crippen LogP contribution >= 0.6 is 0 Å². The number of carbonyl (C=O) groups is 1. The highest BCUT2D eigenvalue weighted by atomic mass is 16.5. The van der Waals surface area contributed by atoms with Crippen molar-refractivity contribution < 1.29 is 14.6 Å². The molecular weight excluding hydrogens is 200 g/mol. The van der Waals surface area contributed by atoms with Crippen molar-refractivity contribution in [2.24, 2.45) is 0 Å². The molecule has 1 aromatic heterocycles. The van der Waals surface area contributed by atoms with Gasteiger partial charge in [-0.3, -0.25) is 4.79 Å². The van der Waals surface area contributed by atoms with Crippen LogP contribution in [0.15, 0.2) is 0 Å². The van der Waals surface area contributed by atoms with E-state index >= 15 is 0 Å². The molecule has 0 spiro atoms. The lowest BCUT2D eigenvalue weighted by molar-refractivity contribution is -0.138. The fourth-order valence-electron chi connectivity index (χ4n) is 1.74. The molecule has 2 atom stereocenters. The largest absolute Gasteiger partial charge is 0.480 e. The summed E-state index contributed by atoms with van der Waals surface area (Å²) in [5.74, 6) is -0.244. The molecule has 7 nitrogen and oxygen atoms in total. The maximum atomic E-state index is 10.6. The maximum absolute atomic E-state index is 10.6. The Morgan fingerprint density at radius 2 is 2.53 bits per heavy atom. The Balaban J connectivity index is 2.14. The topological polar surface area (TPSA) is 90.1 Å². The number of hydrogen-bond acceptors (Lipinski definition) is 5. The van der Waals surface area contributed by atoms with E-state index in [-0.39, 0.29) is 18.6 Å². The zero-order valence-electron chi connectivity index (χ0n) is 8.33. The van der Waals surface area contributed by atoms with Crippen molar-refractivity contribution in [1.29, 1.82) is 0 Å². The van der Waals surface area contributed by atoms with Crippen LogP contribution in [-0.4, -0.2) is 44.0 Å². The average Bonchev–Trinajstić information content (AvgIpc) is 2.72. The molecule has 1 aromatic rings. The molecule has 7 heteroatoms. The first kappa shape index (κ1) is 10.0. The molecule has 2 heterocycles. The smallest absolute Gasteiger partial charge is 0.325 e. The van der Waals surface area contributed by atoms with Crippen LogP contribution in [0.4, 0.5) is 0 Å². The van der Waals surface area contributed by atoms with E-state index in [0.717, 1.165) is 6.42 Å². The van der Waals surface area contributed by atoms with Crippen molar-refractivity contribution in [2.45, 2.75) is 31.9 Å². The van der Waals surface area contributed by atoms with Gasteiger partial charge in [0.05, 0.1) is 12.7 Å². The van der Waals surface area contributed by atoms with Gasteiger partial charge in [0.15, 0.2) is 5.82 Å². The summed E-state index contributed by atoms with van der Waals surface area (Å²) in [6, 6.07) is 0. The number of nitrogens with zero attached hydrogens (tertiary/aromatic N) is 4. The van der Waals surface area contributed by atoms with Gasteiger partial charge in [-0.1, -0.05) is 0 Å². The van der Waals surface area contributed by atoms with Gasteiger partial charge in [0.1, 0.15) is 6.54 Å². The predicted octanol–water partition coefficient (Wildman–Crippen LogP) is -0.350. The summed E-state index contributed by atoms with van der Waals surface area (Å²) >= 11 is 0. The minimum Gasteiger partial charge on any atom is -0.480 e. The Kier molecular flexibility index (Phi) is 2.63. The van der Waals surface area contributed by atoms with Crippen LogP contribution in [0.5, 0.6) is 0 Å². The van der Waals surface area contributed by atoms with Crippen LogP contribution in [-0.2, 0) is 16.1 Å². The lowest BCUT2D eigenvalue weighted by Gasteiger charge is -2.06. The zero-order chi connectivity index (χ0) is 10.8.